The maximum absolute atomic E-state index is 12.5. The van der Waals surface area contributed by atoms with E-state index in [9.17, 15) is 14.4 Å². The van der Waals surface area contributed by atoms with Crippen LogP contribution in [0.1, 0.15) is 20.7 Å². The van der Waals surface area contributed by atoms with Gasteiger partial charge in [0, 0.05) is 29.9 Å². The summed E-state index contributed by atoms with van der Waals surface area (Å²) in [4.78, 5) is 35.4. The predicted octanol–water partition coefficient (Wildman–Crippen LogP) is 1.38. The van der Waals surface area contributed by atoms with Gasteiger partial charge in [-0.15, -0.1) is 0 Å². The Bertz CT molecular complexity index is 713. The lowest BCUT2D eigenvalue weighted by molar-refractivity contribution is -0.143. The van der Waals surface area contributed by atoms with Gasteiger partial charge >= 0.3 is 6.47 Å². The van der Waals surface area contributed by atoms with Crippen LogP contribution in [0.4, 0.5) is 0 Å². The Hall–Kier alpha value is -2.73. The number of methoxy groups -OCH3 is 1. The van der Waals surface area contributed by atoms with E-state index in [4.69, 9.17) is 9.47 Å². The van der Waals surface area contributed by atoms with E-state index in [-0.39, 0.29) is 35.1 Å². The Kier molecular flexibility index (Phi) is 3.15. The molecule has 6 heteroatoms. The topological polar surface area (TPSA) is 78.9 Å². The first-order valence-electron chi connectivity index (χ1n) is 6.11. The van der Waals surface area contributed by atoms with Gasteiger partial charge < -0.3 is 14.2 Å². The number of carbonyl (C=O) groups excluding carboxylic acids is 3. The van der Waals surface area contributed by atoms with E-state index < -0.39 is 6.29 Å². The van der Waals surface area contributed by atoms with Crippen molar-refractivity contribution in [1.29, 1.82) is 0 Å². The summed E-state index contributed by atoms with van der Waals surface area (Å²) in [6.45, 7) is 0.174. The van der Waals surface area contributed by atoms with Crippen LogP contribution in [-0.2, 0) is 19.0 Å². The number of ketones is 2. The van der Waals surface area contributed by atoms with Crippen molar-refractivity contribution >= 4 is 18.0 Å². The average Bonchev–Trinajstić information content (AvgIpc) is 2.52. The van der Waals surface area contributed by atoms with Gasteiger partial charge in [-0.3, -0.25) is 14.4 Å². The van der Waals surface area contributed by atoms with E-state index in [0.29, 0.717) is 11.1 Å². The zero-order valence-electron chi connectivity index (χ0n) is 11.0. The molecule has 0 radical (unpaired) electrons. The summed E-state index contributed by atoms with van der Waals surface area (Å²) in [5.74, 6) is -0.859. The summed E-state index contributed by atoms with van der Waals surface area (Å²) in [5.41, 5.74) is 0.841. The lowest BCUT2D eigenvalue weighted by Gasteiger charge is -2.28. The summed E-state index contributed by atoms with van der Waals surface area (Å²) < 4.78 is 14.9. The van der Waals surface area contributed by atoms with Crippen molar-refractivity contribution in [1.82, 2.24) is 0 Å². The van der Waals surface area contributed by atoms with Gasteiger partial charge in [-0.05, 0) is 0 Å². The number of carbonyl (C=O) groups is 3. The Morgan fingerprint density at radius 1 is 1.14 bits per heavy atom. The van der Waals surface area contributed by atoms with Crippen LogP contribution in [0.3, 0.4) is 0 Å². The second-order valence-electron chi connectivity index (χ2n) is 4.39. The van der Waals surface area contributed by atoms with Crippen molar-refractivity contribution in [2.24, 2.45) is 0 Å². The van der Waals surface area contributed by atoms with Gasteiger partial charge in [0.05, 0.1) is 5.57 Å². The van der Waals surface area contributed by atoms with E-state index in [1.165, 1.54) is 13.2 Å². The number of ether oxygens (including phenoxy) is 3. The number of fused-ring (bicyclic) bond motifs is 1. The molecule has 1 heterocycles. The van der Waals surface area contributed by atoms with Crippen molar-refractivity contribution in [2.75, 3.05) is 7.11 Å². The van der Waals surface area contributed by atoms with E-state index in [1.54, 1.807) is 24.3 Å². The number of allylic oxidation sites excluding steroid dienone is 2. The molecule has 1 atom stereocenters. The van der Waals surface area contributed by atoms with Crippen LogP contribution in [0, 0.1) is 0 Å². The molecule has 3 rings (SSSR count). The Morgan fingerprint density at radius 3 is 2.43 bits per heavy atom. The minimum absolute atomic E-state index is 0.111. The molecule has 1 aliphatic carbocycles. The maximum atomic E-state index is 12.5. The monoisotopic (exact) mass is 286 g/mol. The molecule has 1 aromatic rings. The zero-order chi connectivity index (χ0) is 15.0. The summed E-state index contributed by atoms with van der Waals surface area (Å²) in [5, 5.41) is 0. The van der Waals surface area contributed by atoms with Gasteiger partial charge in [0.15, 0.2) is 11.6 Å². The van der Waals surface area contributed by atoms with Gasteiger partial charge in [0.2, 0.25) is 6.29 Å². The number of hydrogen-bond acceptors (Lipinski definition) is 6. The highest BCUT2D eigenvalue weighted by Crippen LogP contribution is 2.34. The van der Waals surface area contributed by atoms with Gasteiger partial charge in [0.1, 0.15) is 0 Å². The van der Waals surface area contributed by atoms with Gasteiger partial charge in [-0.1, -0.05) is 24.3 Å². The average molecular weight is 286 g/mol. The Labute approximate surface area is 119 Å². The summed E-state index contributed by atoms with van der Waals surface area (Å²) in [6, 6.07) is 6.50. The molecule has 0 bridgehead atoms. The van der Waals surface area contributed by atoms with Crippen LogP contribution in [-0.4, -0.2) is 31.4 Å². The predicted molar refractivity (Wildman–Crippen MR) is 69.2 cm³/mol. The standard InChI is InChI=1S/C15H10O6/c1-19-15-12-10(6-11(21-15)20-7-16)13(17)8-4-2-3-5-9(8)14(12)18/h2-7,15H,1H3. The first-order chi connectivity index (χ1) is 10.2. The SMILES string of the molecule is COC1OC(OC=O)=CC2=C1C(=O)c1ccccc1C2=O. The fourth-order valence-electron chi connectivity index (χ4n) is 2.38. The molecule has 1 unspecified atom stereocenters. The molecule has 0 amide bonds. The fourth-order valence-corrected chi connectivity index (χ4v) is 2.38. The van der Waals surface area contributed by atoms with Crippen LogP contribution < -0.4 is 0 Å². The third-order valence-electron chi connectivity index (χ3n) is 3.30. The molecule has 6 nitrogen and oxygen atoms in total. The Balaban J connectivity index is 2.18. The van der Waals surface area contributed by atoms with Crippen molar-refractivity contribution in [3.8, 4) is 0 Å². The van der Waals surface area contributed by atoms with Gasteiger partial charge in [-0.25, -0.2) is 0 Å². The molecule has 1 aliphatic heterocycles. The second-order valence-corrected chi connectivity index (χ2v) is 4.39. The van der Waals surface area contributed by atoms with Crippen molar-refractivity contribution in [2.45, 2.75) is 6.29 Å². The molecule has 21 heavy (non-hydrogen) atoms. The fraction of sp³-hybridized carbons (Fsp3) is 0.133. The summed E-state index contributed by atoms with van der Waals surface area (Å²) in [6.07, 6.45) is 0.139. The molecule has 0 spiro atoms. The third kappa shape index (κ3) is 1.96. The number of Topliss-reactive ketones (excluding diaryl/α,β-unsaturated/α-hetero) is 2. The highest BCUT2D eigenvalue weighted by molar-refractivity contribution is 6.28. The molecule has 0 aromatic heterocycles. The van der Waals surface area contributed by atoms with Crippen LogP contribution in [0.15, 0.2) is 47.4 Å². The van der Waals surface area contributed by atoms with Crippen molar-refractivity contribution in [3.63, 3.8) is 0 Å². The first kappa shape index (κ1) is 13.3. The molecular formula is C15H10O6. The van der Waals surface area contributed by atoms with Crippen LogP contribution in [0.5, 0.6) is 0 Å². The molecule has 106 valence electrons. The molecule has 2 aliphatic rings. The van der Waals surface area contributed by atoms with E-state index in [2.05, 4.69) is 4.74 Å². The smallest absolute Gasteiger partial charge is 0.300 e. The van der Waals surface area contributed by atoms with Gasteiger partial charge in [-0.2, -0.15) is 0 Å². The summed E-state index contributed by atoms with van der Waals surface area (Å²) in [7, 11) is 1.33. The number of rotatable bonds is 3. The minimum Gasteiger partial charge on any atom is -0.430 e. The third-order valence-corrected chi connectivity index (χ3v) is 3.30. The molecule has 1 aromatic carbocycles. The van der Waals surface area contributed by atoms with Crippen LogP contribution in [0.25, 0.3) is 0 Å². The van der Waals surface area contributed by atoms with E-state index >= 15 is 0 Å². The molecule has 0 fully saturated rings. The number of hydrogen-bond donors (Lipinski definition) is 0. The minimum atomic E-state index is -1.09. The van der Waals surface area contributed by atoms with Crippen LogP contribution >= 0.6 is 0 Å². The van der Waals surface area contributed by atoms with Gasteiger partial charge in [0.25, 0.3) is 5.95 Å². The highest BCUT2D eigenvalue weighted by Gasteiger charge is 2.39. The van der Waals surface area contributed by atoms with Crippen molar-refractivity contribution < 1.29 is 28.6 Å². The first-order valence-corrected chi connectivity index (χ1v) is 6.11. The summed E-state index contributed by atoms with van der Waals surface area (Å²) >= 11 is 0. The number of benzene rings is 1. The lowest BCUT2D eigenvalue weighted by Crippen LogP contribution is -2.34. The normalized spacial score (nSPS) is 20.2. The lowest BCUT2D eigenvalue weighted by atomic mass is 9.83. The Morgan fingerprint density at radius 2 is 1.81 bits per heavy atom. The van der Waals surface area contributed by atoms with E-state index in [1.807, 2.05) is 0 Å². The molecular weight excluding hydrogens is 276 g/mol. The quantitative estimate of drug-likeness (QED) is 0.781. The van der Waals surface area contributed by atoms with E-state index in [0.717, 1.165) is 0 Å². The second kappa shape index (κ2) is 4.99. The maximum Gasteiger partial charge on any atom is 0.300 e. The molecule has 0 saturated heterocycles. The largest absolute Gasteiger partial charge is 0.430 e. The zero-order valence-corrected chi connectivity index (χ0v) is 11.0. The molecule has 0 saturated carbocycles. The van der Waals surface area contributed by atoms with Crippen molar-refractivity contribution in [3.05, 3.63) is 58.6 Å². The van der Waals surface area contributed by atoms with Crippen LogP contribution in [0.2, 0.25) is 0 Å². The highest BCUT2D eigenvalue weighted by atomic mass is 16.8. The molecule has 0 N–H and O–H groups in total.